The third-order valence-corrected chi connectivity index (χ3v) is 14.1. The molecule has 22 N–H and O–H groups in total. The van der Waals surface area contributed by atoms with Gasteiger partial charge in [-0.15, -0.1) is 0 Å². The van der Waals surface area contributed by atoms with Crippen molar-refractivity contribution in [1.29, 1.82) is 0 Å². The first-order valence-corrected chi connectivity index (χ1v) is 28.7. The van der Waals surface area contributed by atoms with Gasteiger partial charge in [0.15, 0.2) is 0 Å². The molecule has 0 heterocycles. The van der Waals surface area contributed by atoms with Crippen LogP contribution >= 0.6 is 0 Å². The first-order valence-electron chi connectivity index (χ1n) is 28.7. The van der Waals surface area contributed by atoms with Crippen LogP contribution in [-0.2, 0) is 59.2 Å². The van der Waals surface area contributed by atoms with Gasteiger partial charge in [-0.05, 0) is 127 Å². The first kappa shape index (κ1) is 73.2. The number of hydrogen-bond acceptors (Lipinski definition) is 16. The van der Waals surface area contributed by atoms with Crippen molar-refractivity contribution in [2.75, 3.05) is 26.2 Å². The van der Waals surface area contributed by atoms with Crippen LogP contribution in [0.15, 0.2) is 30.3 Å². The standard InChI is InChI=1S/C55H96N14O13/c1-5-33(3)45(69-51(77)40(25-27-44(71)72)65-54(80)46(34(4)6-2)68-50(76)39(24-26-43(61)70)62-47(73)36(60)20-10-14-28-56)53(79)64-38(22-12-16-30-58)48(74)63-37(21-11-15-29-57)49(75)67-42(32-35-18-8-7-9-19-35)52(78)66-41(55(81)82)23-13-17-31-59/h7-9,18-19,33-34,36-42,45-46H,5-6,10-17,20-32,56-60H2,1-4H3,(H2,61,70)(H,62,73)(H,63,74)(H,64,79)(H,65,80)(H,66,78)(H,67,75)(H,68,76)(H,69,77)(H,71,72)(H,81,82)/t33-,34-,36-,37-,38-,39-,40-,41-,42-,45-,46-/m0/s1. The van der Waals surface area contributed by atoms with Crippen LogP contribution in [0.2, 0.25) is 0 Å². The summed E-state index contributed by atoms with van der Waals surface area (Å²) in [4.78, 5) is 148. The van der Waals surface area contributed by atoms with E-state index in [0.29, 0.717) is 82.9 Å². The molecule has 27 nitrogen and oxygen atoms in total. The number of carboxylic acids is 2. The van der Waals surface area contributed by atoms with Gasteiger partial charge in [0.1, 0.15) is 48.3 Å². The van der Waals surface area contributed by atoms with Gasteiger partial charge in [-0.1, -0.05) is 77.3 Å². The number of nitrogens with two attached hydrogens (primary N) is 6. The summed E-state index contributed by atoms with van der Waals surface area (Å²) in [7, 11) is 0. The topological polar surface area (TPSA) is 481 Å². The molecule has 0 aromatic heterocycles. The Hall–Kier alpha value is -6.81. The minimum Gasteiger partial charge on any atom is -0.481 e. The molecule has 0 fully saturated rings. The highest BCUT2D eigenvalue weighted by atomic mass is 16.4. The number of rotatable bonds is 45. The molecule has 1 rings (SSSR count). The molecule has 82 heavy (non-hydrogen) atoms. The molecule has 1 aromatic rings. The first-order chi connectivity index (χ1) is 39.0. The molecular formula is C55H96N14O13. The Balaban J connectivity index is 3.61. The van der Waals surface area contributed by atoms with Gasteiger partial charge in [-0.25, -0.2) is 4.79 Å². The Kier molecular flexibility index (Phi) is 36.8. The molecule has 1 aromatic carbocycles. The Morgan fingerprint density at radius 2 is 0.768 bits per heavy atom. The Labute approximate surface area is 481 Å². The lowest BCUT2D eigenvalue weighted by Gasteiger charge is -2.30. The van der Waals surface area contributed by atoms with Crippen LogP contribution < -0.4 is 76.9 Å². The van der Waals surface area contributed by atoms with Crippen molar-refractivity contribution < 1.29 is 63.0 Å². The number of unbranched alkanes of at least 4 members (excludes halogenated alkanes) is 4. The maximum absolute atomic E-state index is 14.5. The summed E-state index contributed by atoms with van der Waals surface area (Å²) in [5, 5.41) is 40.7. The lowest BCUT2D eigenvalue weighted by molar-refractivity contribution is -0.142. The zero-order valence-electron chi connectivity index (χ0n) is 48.4. The summed E-state index contributed by atoms with van der Waals surface area (Å²) in [6.07, 6.45) is 2.95. The highest BCUT2D eigenvalue weighted by molar-refractivity contribution is 5.98. The second-order valence-corrected chi connectivity index (χ2v) is 20.8. The average molecular weight is 1160 g/mol. The van der Waals surface area contributed by atoms with Crippen molar-refractivity contribution >= 4 is 65.1 Å². The number of carboxylic acid groups (broad SMARTS) is 2. The smallest absolute Gasteiger partial charge is 0.326 e. The fourth-order valence-corrected chi connectivity index (χ4v) is 8.59. The van der Waals surface area contributed by atoms with E-state index in [4.69, 9.17) is 34.4 Å². The third-order valence-electron chi connectivity index (χ3n) is 14.1. The van der Waals surface area contributed by atoms with Crippen molar-refractivity contribution in [2.45, 2.75) is 204 Å². The Morgan fingerprint density at radius 1 is 0.427 bits per heavy atom. The molecule has 0 unspecified atom stereocenters. The highest BCUT2D eigenvalue weighted by Gasteiger charge is 2.37. The van der Waals surface area contributed by atoms with Crippen LogP contribution in [0.1, 0.15) is 149 Å². The van der Waals surface area contributed by atoms with E-state index in [0.717, 1.165) is 0 Å². The van der Waals surface area contributed by atoms with Crippen LogP contribution in [0.4, 0.5) is 0 Å². The van der Waals surface area contributed by atoms with E-state index in [1.165, 1.54) is 0 Å². The van der Waals surface area contributed by atoms with E-state index in [9.17, 15) is 63.0 Å². The maximum Gasteiger partial charge on any atom is 0.326 e. The Bertz CT molecular complexity index is 2180. The van der Waals surface area contributed by atoms with Crippen LogP contribution in [0.3, 0.4) is 0 Å². The molecule has 464 valence electrons. The van der Waals surface area contributed by atoms with Crippen molar-refractivity contribution in [1.82, 2.24) is 42.5 Å². The van der Waals surface area contributed by atoms with Crippen molar-refractivity contribution in [3.63, 3.8) is 0 Å². The van der Waals surface area contributed by atoms with Crippen LogP contribution in [-0.4, -0.2) is 156 Å². The number of carbonyl (C=O) groups excluding carboxylic acids is 9. The van der Waals surface area contributed by atoms with Gasteiger partial charge in [0.25, 0.3) is 0 Å². The average Bonchev–Trinajstić information content (AvgIpc) is 3.53. The summed E-state index contributed by atoms with van der Waals surface area (Å²) in [5.74, 6) is -11.2. The number of nitrogens with one attached hydrogen (secondary N) is 8. The summed E-state index contributed by atoms with van der Waals surface area (Å²) in [5.41, 5.74) is 34.8. The van der Waals surface area contributed by atoms with Gasteiger partial charge in [0.2, 0.25) is 53.2 Å². The zero-order valence-corrected chi connectivity index (χ0v) is 48.4. The minimum absolute atomic E-state index is 0.0154. The largest absolute Gasteiger partial charge is 0.481 e. The van der Waals surface area contributed by atoms with Gasteiger partial charge in [0.05, 0.1) is 6.04 Å². The normalized spacial score (nSPS) is 15.2. The highest BCUT2D eigenvalue weighted by Crippen LogP contribution is 2.15. The van der Waals surface area contributed by atoms with E-state index in [-0.39, 0.29) is 58.0 Å². The summed E-state index contributed by atoms with van der Waals surface area (Å²) < 4.78 is 0. The number of hydrogen-bond donors (Lipinski definition) is 16. The number of benzene rings is 1. The molecule has 0 spiro atoms. The molecule has 11 atom stereocenters. The maximum atomic E-state index is 14.5. The van der Waals surface area contributed by atoms with Crippen molar-refractivity contribution in [3.8, 4) is 0 Å². The molecule has 0 aliphatic rings. The second-order valence-electron chi connectivity index (χ2n) is 20.8. The molecule has 0 saturated heterocycles. The molecular weight excluding hydrogens is 1060 g/mol. The van der Waals surface area contributed by atoms with Crippen LogP contribution in [0.5, 0.6) is 0 Å². The fraction of sp³-hybridized carbons (Fsp3) is 0.691. The molecule has 0 radical (unpaired) electrons. The zero-order chi connectivity index (χ0) is 61.7. The summed E-state index contributed by atoms with van der Waals surface area (Å²) in [6.45, 7) is 7.94. The van der Waals surface area contributed by atoms with Crippen LogP contribution in [0.25, 0.3) is 0 Å². The quantitative estimate of drug-likeness (QED) is 0.0322. The summed E-state index contributed by atoms with van der Waals surface area (Å²) in [6, 6.07) is -3.25. The molecule has 0 aliphatic carbocycles. The molecule has 0 saturated carbocycles. The predicted octanol–water partition coefficient (Wildman–Crippen LogP) is -1.74. The van der Waals surface area contributed by atoms with Crippen molar-refractivity contribution in [3.05, 3.63) is 35.9 Å². The van der Waals surface area contributed by atoms with E-state index >= 15 is 0 Å². The Morgan fingerprint density at radius 3 is 1.17 bits per heavy atom. The van der Waals surface area contributed by atoms with E-state index in [1.807, 2.05) is 0 Å². The van der Waals surface area contributed by atoms with Gasteiger partial charge in [-0.2, -0.15) is 0 Å². The van der Waals surface area contributed by atoms with E-state index < -0.39 is 144 Å². The summed E-state index contributed by atoms with van der Waals surface area (Å²) >= 11 is 0. The van der Waals surface area contributed by atoms with Gasteiger partial charge in [0, 0.05) is 19.3 Å². The third kappa shape index (κ3) is 28.7. The lowest BCUT2D eigenvalue weighted by Crippen LogP contribution is -2.62. The molecule has 9 amide bonds. The number of aliphatic carboxylic acids is 2. The molecule has 0 bridgehead atoms. The fourth-order valence-electron chi connectivity index (χ4n) is 8.59. The monoisotopic (exact) mass is 1160 g/mol. The second kappa shape index (κ2) is 41.2. The minimum atomic E-state index is -1.60. The van der Waals surface area contributed by atoms with Gasteiger partial charge < -0.3 is 87.1 Å². The predicted molar refractivity (Wildman–Crippen MR) is 307 cm³/mol. The lowest BCUT2D eigenvalue weighted by atomic mass is 9.95. The number of carbonyl (C=O) groups is 11. The molecule has 27 heteroatoms. The van der Waals surface area contributed by atoms with Crippen LogP contribution in [0, 0.1) is 11.8 Å². The molecule has 0 aliphatic heterocycles. The van der Waals surface area contributed by atoms with Gasteiger partial charge >= 0.3 is 11.9 Å². The SMILES string of the molecule is CC[C@H](C)[C@H](NC(=O)[C@H](CCC(=O)O)NC(=O)[C@@H](NC(=O)[C@H](CCC(N)=O)NC(=O)[C@@H](N)CCCCN)[C@@H](C)CC)C(=O)N[C@@H](CCCCN)C(=O)N[C@@H](CCCCN)C(=O)N[C@@H](Cc1ccccc1)C(=O)N[C@@H](CCCCN)C(=O)O. The van der Waals surface area contributed by atoms with Crippen molar-refractivity contribution in [2.24, 2.45) is 46.2 Å². The number of primary amides is 1. The van der Waals surface area contributed by atoms with E-state index in [2.05, 4.69) is 42.5 Å². The van der Waals surface area contributed by atoms with Gasteiger partial charge in [-0.3, -0.25) is 47.9 Å². The van der Waals surface area contributed by atoms with E-state index in [1.54, 1.807) is 58.0 Å². The number of amides is 9.